The van der Waals surface area contributed by atoms with Crippen molar-refractivity contribution in [1.82, 2.24) is 0 Å². The van der Waals surface area contributed by atoms with Crippen LogP contribution in [0.1, 0.15) is 37.8 Å². The Hall–Kier alpha value is -2.57. The van der Waals surface area contributed by atoms with Gasteiger partial charge in [-0.2, -0.15) is 0 Å². The topological polar surface area (TPSA) is 71.3 Å². The van der Waals surface area contributed by atoms with Gasteiger partial charge in [0.05, 0.1) is 11.8 Å². The van der Waals surface area contributed by atoms with Crippen molar-refractivity contribution in [3.8, 4) is 0 Å². The molecule has 2 heterocycles. The molecule has 0 radical (unpaired) electrons. The van der Waals surface area contributed by atoms with Crippen LogP contribution in [0.2, 0.25) is 5.02 Å². The number of fused-ring (bicyclic) bond motifs is 1. The van der Waals surface area contributed by atoms with Gasteiger partial charge in [-0.15, -0.1) is 11.3 Å². The van der Waals surface area contributed by atoms with E-state index >= 15 is 0 Å². The predicted octanol–water partition coefficient (Wildman–Crippen LogP) is 4.99. The SMILES string of the molecule is O=C(Nc1sc2c(c1C(=O)Nc1ccc(Cl)cc1)CCC2)c1ccco1. The van der Waals surface area contributed by atoms with Crippen molar-refractivity contribution in [1.29, 1.82) is 0 Å². The molecule has 5 nitrogen and oxygen atoms in total. The monoisotopic (exact) mass is 386 g/mol. The summed E-state index contributed by atoms with van der Waals surface area (Å²) in [7, 11) is 0. The maximum absolute atomic E-state index is 12.9. The van der Waals surface area contributed by atoms with Crippen molar-refractivity contribution in [2.75, 3.05) is 10.6 Å². The first-order valence-corrected chi connectivity index (χ1v) is 9.37. The number of benzene rings is 1. The number of thiophene rings is 1. The molecule has 2 aromatic heterocycles. The fourth-order valence-corrected chi connectivity index (χ4v) is 4.44. The smallest absolute Gasteiger partial charge is 0.291 e. The lowest BCUT2D eigenvalue weighted by Crippen LogP contribution is -2.17. The van der Waals surface area contributed by atoms with E-state index in [4.69, 9.17) is 16.0 Å². The number of carbonyl (C=O) groups excluding carboxylic acids is 2. The van der Waals surface area contributed by atoms with Crippen molar-refractivity contribution >= 4 is 45.4 Å². The molecule has 1 aliphatic carbocycles. The van der Waals surface area contributed by atoms with Gasteiger partial charge in [-0.3, -0.25) is 9.59 Å². The highest BCUT2D eigenvalue weighted by Gasteiger charge is 2.28. The van der Waals surface area contributed by atoms with E-state index in [9.17, 15) is 9.59 Å². The van der Waals surface area contributed by atoms with Crippen molar-refractivity contribution in [3.05, 3.63) is 69.4 Å². The highest BCUT2D eigenvalue weighted by molar-refractivity contribution is 7.17. The molecule has 3 aromatic rings. The Balaban J connectivity index is 1.62. The van der Waals surface area contributed by atoms with Crippen LogP contribution in [-0.2, 0) is 12.8 Å². The first-order chi connectivity index (χ1) is 12.6. The van der Waals surface area contributed by atoms with Crippen LogP contribution in [0.4, 0.5) is 10.7 Å². The van der Waals surface area contributed by atoms with E-state index in [1.165, 1.54) is 17.6 Å². The molecule has 0 aliphatic heterocycles. The second-order valence-corrected chi connectivity index (χ2v) is 7.50. The molecule has 4 rings (SSSR count). The largest absolute Gasteiger partial charge is 0.459 e. The number of amides is 2. The van der Waals surface area contributed by atoms with Gasteiger partial charge in [0.1, 0.15) is 5.00 Å². The highest BCUT2D eigenvalue weighted by Crippen LogP contribution is 2.39. The molecule has 2 amide bonds. The summed E-state index contributed by atoms with van der Waals surface area (Å²) in [6.07, 6.45) is 4.23. The third-order valence-corrected chi connectivity index (χ3v) is 5.68. The first-order valence-electron chi connectivity index (χ1n) is 8.18. The quantitative estimate of drug-likeness (QED) is 0.663. The van der Waals surface area contributed by atoms with Crippen LogP contribution < -0.4 is 10.6 Å². The summed E-state index contributed by atoms with van der Waals surface area (Å²) in [6.45, 7) is 0. The number of rotatable bonds is 4. The van der Waals surface area contributed by atoms with E-state index in [0.717, 1.165) is 29.7 Å². The molecule has 2 N–H and O–H groups in total. The molecule has 26 heavy (non-hydrogen) atoms. The van der Waals surface area contributed by atoms with E-state index in [-0.39, 0.29) is 17.6 Å². The lowest BCUT2D eigenvalue weighted by molar-refractivity contribution is 0.0997. The fourth-order valence-electron chi connectivity index (χ4n) is 3.03. The Morgan fingerprint density at radius 3 is 2.58 bits per heavy atom. The normalized spacial score (nSPS) is 12.7. The number of hydrogen-bond acceptors (Lipinski definition) is 4. The van der Waals surface area contributed by atoms with Crippen LogP contribution in [0.25, 0.3) is 0 Å². The molecular weight excluding hydrogens is 372 g/mol. The van der Waals surface area contributed by atoms with E-state index in [1.807, 2.05) is 0 Å². The number of furan rings is 1. The summed E-state index contributed by atoms with van der Waals surface area (Å²) in [6, 6.07) is 10.2. The maximum atomic E-state index is 12.9. The van der Waals surface area contributed by atoms with Crippen LogP contribution in [0.5, 0.6) is 0 Å². The van der Waals surface area contributed by atoms with Crippen LogP contribution in [0, 0.1) is 0 Å². The van der Waals surface area contributed by atoms with Gasteiger partial charge in [-0.1, -0.05) is 11.6 Å². The molecule has 132 valence electrons. The second kappa shape index (κ2) is 6.97. The van der Waals surface area contributed by atoms with Gasteiger partial charge in [-0.25, -0.2) is 0 Å². The summed E-state index contributed by atoms with van der Waals surface area (Å²) in [4.78, 5) is 26.4. The summed E-state index contributed by atoms with van der Waals surface area (Å²) in [5.74, 6) is -0.389. The number of hydrogen-bond donors (Lipinski definition) is 2. The molecule has 1 aliphatic rings. The number of nitrogens with one attached hydrogen (secondary N) is 2. The Morgan fingerprint density at radius 2 is 1.85 bits per heavy atom. The Morgan fingerprint density at radius 1 is 1.04 bits per heavy atom. The summed E-state index contributed by atoms with van der Waals surface area (Å²) in [5.41, 5.74) is 2.22. The van der Waals surface area contributed by atoms with Crippen molar-refractivity contribution in [2.45, 2.75) is 19.3 Å². The average molecular weight is 387 g/mol. The van der Waals surface area contributed by atoms with Gasteiger partial charge < -0.3 is 15.1 Å². The van der Waals surface area contributed by atoms with Crippen LogP contribution in [0.3, 0.4) is 0 Å². The lowest BCUT2D eigenvalue weighted by atomic mass is 10.1. The lowest BCUT2D eigenvalue weighted by Gasteiger charge is -2.09. The first kappa shape index (κ1) is 16.9. The number of carbonyl (C=O) groups is 2. The molecule has 0 bridgehead atoms. The summed E-state index contributed by atoms with van der Waals surface area (Å²) < 4.78 is 5.13. The molecule has 0 spiro atoms. The highest BCUT2D eigenvalue weighted by atomic mass is 35.5. The van der Waals surface area contributed by atoms with Crippen molar-refractivity contribution in [2.24, 2.45) is 0 Å². The molecule has 7 heteroatoms. The molecule has 0 fully saturated rings. The Labute approximate surface area is 159 Å². The minimum Gasteiger partial charge on any atom is -0.459 e. The molecule has 0 atom stereocenters. The third-order valence-electron chi connectivity index (χ3n) is 4.22. The van der Waals surface area contributed by atoms with E-state index in [0.29, 0.717) is 21.3 Å². The number of aryl methyl sites for hydroxylation is 1. The van der Waals surface area contributed by atoms with E-state index < -0.39 is 0 Å². The predicted molar refractivity (Wildman–Crippen MR) is 102 cm³/mol. The Bertz CT molecular complexity index is 962. The third kappa shape index (κ3) is 3.25. The van der Waals surface area contributed by atoms with E-state index in [1.54, 1.807) is 36.4 Å². The van der Waals surface area contributed by atoms with Gasteiger partial charge in [0, 0.05) is 15.6 Å². The van der Waals surface area contributed by atoms with Crippen LogP contribution >= 0.6 is 22.9 Å². The van der Waals surface area contributed by atoms with Crippen molar-refractivity contribution < 1.29 is 14.0 Å². The zero-order valence-corrected chi connectivity index (χ0v) is 15.2. The zero-order chi connectivity index (χ0) is 18.1. The van der Waals surface area contributed by atoms with Gasteiger partial charge in [-0.05, 0) is 61.2 Å². The van der Waals surface area contributed by atoms with E-state index in [2.05, 4.69) is 10.6 Å². The second-order valence-electron chi connectivity index (χ2n) is 5.95. The molecule has 1 aromatic carbocycles. The molecule has 0 unspecified atom stereocenters. The maximum Gasteiger partial charge on any atom is 0.291 e. The minimum absolute atomic E-state index is 0.211. The zero-order valence-electron chi connectivity index (χ0n) is 13.7. The Kier molecular flexibility index (Phi) is 4.53. The fraction of sp³-hybridized carbons (Fsp3) is 0.158. The number of anilines is 2. The number of halogens is 1. The summed E-state index contributed by atoms with van der Waals surface area (Å²) in [5, 5.41) is 6.87. The van der Waals surface area contributed by atoms with Crippen molar-refractivity contribution in [3.63, 3.8) is 0 Å². The molecular formula is C19H15ClN2O3S. The van der Waals surface area contributed by atoms with Gasteiger partial charge in [0.25, 0.3) is 11.8 Å². The molecule has 0 saturated heterocycles. The van der Waals surface area contributed by atoms with Gasteiger partial charge >= 0.3 is 0 Å². The van der Waals surface area contributed by atoms with Gasteiger partial charge in [0.15, 0.2) is 5.76 Å². The van der Waals surface area contributed by atoms with Crippen LogP contribution in [-0.4, -0.2) is 11.8 Å². The van der Waals surface area contributed by atoms with Crippen LogP contribution in [0.15, 0.2) is 47.1 Å². The average Bonchev–Trinajstić information content (AvgIpc) is 3.33. The minimum atomic E-state index is -0.365. The standard InChI is InChI=1S/C19H15ClN2O3S/c20-11-6-8-12(9-7-11)21-18(24)16-13-3-1-5-15(13)26-19(16)22-17(23)14-4-2-10-25-14/h2,4,6-10H,1,3,5H2,(H,21,24)(H,22,23). The molecule has 0 saturated carbocycles. The van der Waals surface area contributed by atoms with Gasteiger partial charge in [0.2, 0.25) is 0 Å². The summed E-state index contributed by atoms with van der Waals surface area (Å²) >= 11 is 7.35.